The van der Waals surface area contributed by atoms with Gasteiger partial charge in [0, 0.05) is 11.1 Å². The van der Waals surface area contributed by atoms with Crippen LogP contribution in [-0.4, -0.2) is 15.0 Å². The third-order valence-corrected chi connectivity index (χ3v) is 4.12. The maximum atomic E-state index is 12.0. The Bertz CT molecular complexity index is 774. The number of pyridine rings is 1. The smallest absolute Gasteiger partial charge is 0.269 e. The predicted octanol–water partition coefficient (Wildman–Crippen LogP) is 2.66. The number of aromatic nitrogens is 3. The molecule has 0 saturated heterocycles. The number of hydrogen-bond donors (Lipinski definition) is 1. The SMILES string of the molecule is Cc1sc2c(=O)[nH]c(-c3ccccn3)nc2c1C. The lowest BCUT2D eigenvalue weighted by molar-refractivity contribution is 1.14. The van der Waals surface area contributed by atoms with Gasteiger partial charge in [-0.2, -0.15) is 0 Å². The fraction of sp³-hybridized carbons (Fsp3) is 0.154. The number of rotatable bonds is 1. The van der Waals surface area contributed by atoms with Crippen LogP contribution in [0.1, 0.15) is 10.4 Å². The number of nitrogens with one attached hydrogen (secondary N) is 1. The summed E-state index contributed by atoms with van der Waals surface area (Å²) in [6.45, 7) is 3.99. The Balaban J connectivity index is 2.34. The van der Waals surface area contributed by atoms with Gasteiger partial charge in [-0.25, -0.2) is 4.98 Å². The molecule has 0 fully saturated rings. The summed E-state index contributed by atoms with van der Waals surface area (Å²) in [5, 5.41) is 0. The molecule has 0 aliphatic rings. The van der Waals surface area contributed by atoms with E-state index in [9.17, 15) is 4.79 Å². The standard InChI is InChI=1S/C13H11N3OS/c1-7-8(2)18-11-10(7)15-12(16-13(11)17)9-5-3-4-6-14-9/h3-6H,1-2H3,(H,15,16,17). The lowest BCUT2D eigenvalue weighted by atomic mass is 10.2. The molecule has 0 unspecified atom stereocenters. The molecule has 0 radical (unpaired) electrons. The first-order valence-electron chi connectivity index (χ1n) is 5.58. The lowest BCUT2D eigenvalue weighted by Gasteiger charge is -2.00. The molecule has 0 aliphatic heterocycles. The van der Waals surface area contributed by atoms with Crippen molar-refractivity contribution in [2.45, 2.75) is 13.8 Å². The molecule has 0 spiro atoms. The molecule has 18 heavy (non-hydrogen) atoms. The minimum atomic E-state index is -0.0955. The van der Waals surface area contributed by atoms with E-state index in [0.717, 1.165) is 16.0 Å². The van der Waals surface area contributed by atoms with Crippen LogP contribution >= 0.6 is 11.3 Å². The van der Waals surface area contributed by atoms with Crippen molar-refractivity contribution in [1.82, 2.24) is 15.0 Å². The summed E-state index contributed by atoms with van der Waals surface area (Å²) in [7, 11) is 0. The van der Waals surface area contributed by atoms with Crippen molar-refractivity contribution in [2.24, 2.45) is 0 Å². The van der Waals surface area contributed by atoms with Gasteiger partial charge in [0.05, 0.1) is 5.52 Å². The molecule has 0 bridgehead atoms. The zero-order chi connectivity index (χ0) is 12.7. The van der Waals surface area contributed by atoms with Gasteiger partial charge in [0.1, 0.15) is 10.4 Å². The zero-order valence-corrected chi connectivity index (χ0v) is 10.8. The van der Waals surface area contributed by atoms with Crippen molar-refractivity contribution in [1.29, 1.82) is 0 Å². The first-order valence-corrected chi connectivity index (χ1v) is 6.40. The van der Waals surface area contributed by atoms with Crippen LogP contribution in [0.2, 0.25) is 0 Å². The number of nitrogens with zero attached hydrogens (tertiary/aromatic N) is 2. The highest BCUT2D eigenvalue weighted by Crippen LogP contribution is 2.26. The summed E-state index contributed by atoms with van der Waals surface area (Å²) in [6.07, 6.45) is 1.69. The summed E-state index contributed by atoms with van der Waals surface area (Å²) in [5.74, 6) is 0.522. The lowest BCUT2D eigenvalue weighted by Crippen LogP contribution is -2.08. The largest absolute Gasteiger partial charge is 0.304 e. The van der Waals surface area contributed by atoms with Gasteiger partial charge < -0.3 is 4.98 Å². The van der Waals surface area contributed by atoms with Gasteiger partial charge in [-0.3, -0.25) is 9.78 Å². The predicted molar refractivity (Wildman–Crippen MR) is 72.9 cm³/mol. The van der Waals surface area contributed by atoms with E-state index in [4.69, 9.17) is 0 Å². The van der Waals surface area contributed by atoms with Crippen molar-refractivity contribution in [3.8, 4) is 11.5 Å². The Kier molecular flexibility index (Phi) is 2.48. The van der Waals surface area contributed by atoms with Crippen molar-refractivity contribution >= 4 is 21.6 Å². The molecule has 3 heterocycles. The number of H-pyrrole nitrogens is 1. The summed E-state index contributed by atoms with van der Waals surface area (Å²) >= 11 is 1.48. The molecule has 1 N–H and O–H groups in total. The molecular formula is C13H11N3OS. The van der Waals surface area contributed by atoms with E-state index < -0.39 is 0 Å². The van der Waals surface area contributed by atoms with E-state index in [1.54, 1.807) is 6.20 Å². The van der Waals surface area contributed by atoms with E-state index >= 15 is 0 Å². The maximum absolute atomic E-state index is 12.0. The number of fused-ring (bicyclic) bond motifs is 1. The number of aryl methyl sites for hydroxylation is 2. The minimum Gasteiger partial charge on any atom is -0.304 e. The number of thiophene rings is 1. The Morgan fingerprint density at radius 1 is 1.28 bits per heavy atom. The van der Waals surface area contributed by atoms with Crippen LogP contribution in [0.25, 0.3) is 21.7 Å². The molecule has 90 valence electrons. The second-order valence-electron chi connectivity index (χ2n) is 4.09. The highest BCUT2D eigenvalue weighted by Gasteiger charge is 2.12. The summed E-state index contributed by atoms with van der Waals surface area (Å²) in [6, 6.07) is 5.54. The summed E-state index contributed by atoms with van der Waals surface area (Å²) in [4.78, 5) is 24.7. The number of aromatic amines is 1. The second kappa shape index (κ2) is 4.03. The van der Waals surface area contributed by atoms with E-state index in [-0.39, 0.29) is 5.56 Å². The zero-order valence-electron chi connectivity index (χ0n) is 10.0. The first-order chi connectivity index (χ1) is 8.66. The third-order valence-electron chi connectivity index (χ3n) is 2.92. The first kappa shape index (κ1) is 11.1. The van der Waals surface area contributed by atoms with E-state index in [2.05, 4.69) is 15.0 Å². The topological polar surface area (TPSA) is 58.6 Å². The molecule has 5 heteroatoms. The average Bonchev–Trinajstić information content (AvgIpc) is 2.68. The van der Waals surface area contributed by atoms with Gasteiger partial charge in [0.2, 0.25) is 0 Å². The Hall–Kier alpha value is -2.01. The van der Waals surface area contributed by atoms with Gasteiger partial charge in [-0.05, 0) is 31.5 Å². The summed E-state index contributed by atoms with van der Waals surface area (Å²) < 4.78 is 0.685. The van der Waals surface area contributed by atoms with E-state index in [0.29, 0.717) is 16.2 Å². The molecular weight excluding hydrogens is 246 g/mol. The summed E-state index contributed by atoms with van der Waals surface area (Å²) in [5.41, 5.74) is 2.43. The molecule has 3 aromatic rings. The minimum absolute atomic E-state index is 0.0955. The highest BCUT2D eigenvalue weighted by molar-refractivity contribution is 7.19. The third kappa shape index (κ3) is 1.64. The molecule has 0 aromatic carbocycles. The van der Waals surface area contributed by atoms with Crippen LogP contribution in [0, 0.1) is 13.8 Å². The van der Waals surface area contributed by atoms with Gasteiger partial charge in [0.25, 0.3) is 5.56 Å². The average molecular weight is 257 g/mol. The van der Waals surface area contributed by atoms with Crippen LogP contribution in [0.15, 0.2) is 29.2 Å². The molecule has 0 amide bonds. The van der Waals surface area contributed by atoms with Gasteiger partial charge >= 0.3 is 0 Å². The van der Waals surface area contributed by atoms with E-state index in [1.165, 1.54) is 11.3 Å². The van der Waals surface area contributed by atoms with Crippen molar-refractivity contribution < 1.29 is 0 Å². The highest BCUT2D eigenvalue weighted by atomic mass is 32.1. The van der Waals surface area contributed by atoms with Crippen molar-refractivity contribution in [3.05, 3.63) is 45.2 Å². The fourth-order valence-electron chi connectivity index (χ4n) is 1.83. The monoisotopic (exact) mass is 257 g/mol. The van der Waals surface area contributed by atoms with Gasteiger partial charge in [-0.15, -0.1) is 11.3 Å². The Morgan fingerprint density at radius 3 is 2.83 bits per heavy atom. The van der Waals surface area contributed by atoms with E-state index in [1.807, 2.05) is 32.0 Å². The molecule has 0 saturated carbocycles. The quantitative estimate of drug-likeness (QED) is 0.729. The van der Waals surface area contributed by atoms with Gasteiger partial charge in [-0.1, -0.05) is 6.07 Å². The van der Waals surface area contributed by atoms with Gasteiger partial charge in [0.15, 0.2) is 5.82 Å². The van der Waals surface area contributed by atoms with Crippen LogP contribution in [0.4, 0.5) is 0 Å². The normalized spacial score (nSPS) is 11.0. The van der Waals surface area contributed by atoms with Crippen molar-refractivity contribution in [2.75, 3.05) is 0 Å². The van der Waals surface area contributed by atoms with Crippen LogP contribution in [0.3, 0.4) is 0 Å². The Labute approximate surface area is 107 Å². The van der Waals surface area contributed by atoms with Crippen LogP contribution in [-0.2, 0) is 0 Å². The molecule has 3 aromatic heterocycles. The molecule has 3 rings (SSSR count). The Morgan fingerprint density at radius 2 is 2.11 bits per heavy atom. The second-order valence-corrected chi connectivity index (χ2v) is 5.32. The maximum Gasteiger partial charge on any atom is 0.269 e. The van der Waals surface area contributed by atoms with Crippen LogP contribution < -0.4 is 5.56 Å². The number of hydrogen-bond acceptors (Lipinski definition) is 4. The molecule has 4 nitrogen and oxygen atoms in total. The van der Waals surface area contributed by atoms with Crippen molar-refractivity contribution in [3.63, 3.8) is 0 Å². The molecule has 0 aliphatic carbocycles. The fourth-order valence-corrected chi connectivity index (χ4v) is 2.83. The molecule has 0 atom stereocenters. The van der Waals surface area contributed by atoms with Crippen LogP contribution in [0.5, 0.6) is 0 Å².